The van der Waals surface area contributed by atoms with Gasteiger partial charge in [-0.3, -0.25) is 19.7 Å². The number of amides is 3. The van der Waals surface area contributed by atoms with Gasteiger partial charge in [-0.2, -0.15) is 0 Å². The van der Waals surface area contributed by atoms with Crippen molar-refractivity contribution in [2.45, 2.75) is 45.1 Å². The monoisotopic (exact) mass is 530 g/mol. The van der Waals surface area contributed by atoms with E-state index in [1.807, 2.05) is 36.1 Å². The molecule has 1 unspecified atom stereocenters. The summed E-state index contributed by atoms with van der Waals surface area (Å²) >= 11 is 0. The molecule has 0 bridgehead atoms. The van der Waals surface area contributed by atoms with Gasteiger partial charge in [0.15, 0.2) is 0 Å². The molecular formula is C29H34N6O4. The van der Waals surface area contributed by atoms with Crippen LogP contribution in [0.15, 0.2) is 57.9 Å². The number of hydrogen-bond acceptors (Lipinski definition) is 6. The van der Waals surface area contributed by atoms with E-state index >= 15 is 0 Å². The molecule has 204 valence electrons. The Morgan fingerprint density at radius 3 is 2.64 bits per heavy atom. The maximum Gasteiger partial charge on any atom is 0.258 e. The number of nitrogens with two attached hydrogens (primary N) is 1. The number of carbonyl (C=O) groups excluding carboxylic acids is 3. The molecule has 2 aliphatic rings. The zero-order chi connectivity index (χ0) is 27.4. The Hall–Kier alpha value is -4.34. The summed E-state index contributed by atoms with van der Waals surface area (Å²) in [6.07, 6.45) is 4.09. The molecule has 3 amide bonds. The highest BCUT2D eigenvalue weighted by molar-refractivity contribution is 6.11. The molecule has 10 nitrogen and oxygen atoms in total. The number of benzene rings is 2. The number of nitrogen functional groups attached to an aromatic ring is 1. The van der Waals surface area contributed by atoms with Crippen LogP contribution in [0.3, 0.4) is 0 Å². The topological polar surface area (TPSA) is 133 Å². The molecule has 5 rings (SSSR count). The van der Waals surface area contributed by atoms with Crippen LogP contribution >= 0.6 is 0 Å². The van der Waals surface area contributed by atoms with Crippen LogP contribution in [0.1, 0.15) is 48.2 Å². The maximum absolute atomic E-state index is 13.5. The van der Waals surface area contributed by atoms with Crippen molar-refractivity contribution in [3.8, 4) is 0 Å². The number of fused-ring (bicyclic) bond motifs is 1. The zero-order valence-electron chi connectivity index (χ0n) is 22.1. The minimum atomic E-state index is -0.734. The Morgan fingerprint density at radius 2 is 1.85 bits per heavy atom. The van der Waals surface area contributed by atoms with Crippen molar-refractivity contribution >= 4 is 46.0 Å². The summed E-state index contributed by atoms with van der Waals surface area (Å²) in [4.78, 5) is 47.6. The average Bonchev–Trinajstić information content (AvgIpc) is 3.54. The molecule has 39 heavy (non-hydrogen) atoms. The average molecular weight is 531 g/mol. The van der Waals surface area contributed by atoms with E-state index in [0.29, 0.717) is 29.9 Å². The van der Waals surface area contributed by atoms with Crippen molar-refractivity contribution in [2.24, 2.45) is 4.99 Å². The third-order valence-corrected chi connectivity index (χ3v) is 7.11. The van der Waals surface area contributed by atoms with Crippen LogP contribution in [-0.4, -0.2) is 65.7 Å². The number of aryl methyl sites for hydroxylation is 1. The Labute approximate surface area is 227 Å². The van der Waals surface area contributed by atoms with E-state index in [1.54, 1.807) is 29.2 Å². The first-order valence-corrected chi connectivity index (χ1v) is 13.4. The van der Waals surface area contributed by atoms with Gasteiger partial charge < -0.3 is 25.3 Å². The van der Waals surface area contributed by atoms with Crippen molar-refractivity contribution in [2.75, 3.05) is 37.2 Å². The SMILES string of the molecule is Cc1cc2cc(NC(=NC3CCCCN(CC(=O)N4CCCC4)C3=O)NC(=O)c3cccc(N)c3)ccc2o1. The quantitative estimate of drug-likeness (QED) is 0.263. The number of guanidine groups is 1. The normalized spacial score (nSPS) is 18.3. The first kappa shape index (κ1) is 26.3. The molecule has 3 aromatic rings. The second-order valence-electron chi connectivity index (χ2n) is 10.2. The lowest BCUT2D eigenvalue weighted by Crippen LogP contribution is -2.45. The number of nitrogens with one attached hydrogen (secondary N) is 2. The first-order valence-electron chi connectivity index (χ1n) is 13.4. The lowest BCUT2D eigenvalue weighted by Gasteiger charge is -2.25. The second kappa shape index (κ2) is 11.6. The van der Waals surface area contributed by atoms with Gasteiger partial charge in [-0.15, -0.1) is 0 Å². The van der Waals surface area contributed by atoms with Crippen LogP contribution in [0.4, 0.5) is 11.4 Å². The highest BCUT2D eigenvalue weighted by Gasteiger charge is 2.30. The molecule has 1 aromatic heterocycles. The minimum Gasteiger partial charge on any atom is -0.461 e. The fourth-order valence-corrected chi connectivity index (χ4v) is 5.09. The molecule has 2 fully saturated rings. The van der Waals surface area contributed by atoms with Gasteiger partial charge in [-0.1, -0.05) is 6.07 Å². The highest BCUT2D eigenvalue weighted by Crippen LogP contribution is 2.23. The molecule has 0 spiro atoms. The van der Waals surface area contributed by atoms with Gasteiger partial charge in [0.05, 0.1) is 6.54 Å². The van der Waals surface area contributed by atoms with Gasteiger partial charge in [-0.25, -0.2) is 4.99 Å². The Morgan fingerprint density at radius 1 is 1.05 bits per heavy atom. The van der Waals surface area contributed by atoms with Gasteiger partial charge in [0.2, 0.25) is 17.8 Å². The largest absolute Gasteiger partial charge is 0.461 e. The van der Waals surface area contributed by atoms with E-state index in [1.165, 1.54) is 0 Å². The van der Waals surface area contributed by atoms with Gasteiger partial charge in [0.1, 0.15) is 17.4 Å². The van der Waals surface area contributed by atoms with Crippen LogP contribution in [0.5, 0.6) is 0 Å². The summed E-state index contributed by atoms with van der Waals surface area (Å²) < 4.78 is 5.67. The predicted octanol–water partition coefficient (Wildman–Crippen LogP) is 3.52. The molecule has 1 atom stereocenters. The fourth-order valence-electron chi connectivity index (χ4n) is 5.09. The lowest BCUT2D eigenvalue weighted by molar-refractivity contribution is -0.140. The van der Waals surface area contributed by atoms with Crippen molar-refractivity contribution in [3.05, 3.63) is 59.9 Å². The molecule has 2 aliphatic heterocycles. The van der Waals surface area contributed by atoms with Crippen LogP contribution < -0.4 is 16.4 Å². The molecule has 2 saturated heterocycles. The molecule has 3 heterocycles. The van der Waals surface area contributed by atoms with Crippen molar-refractivity contribution in [3.63, 3.8) is 0 Å². The number of rotatable bonds is 5. The van der Waals surface area contributed by atoms with Gasteiger partial charge in [-0.05, 0) is 81.5 Å². The van der Waals surface area contributed by atoms with E-state index in [0.717, 1.165) is 55.5 Å². The van der Waals surface area contributed by atoms with E-state index in [2.05, 4.69) is 10.6 Å². The summed E-state index contributed by atoms with van der Waals surface area (Å²) in [5.41, 5.74) is 8.14. The maximum atomic E-state index is 13.5. The van der Waals surface area contributed by atoms with Crippen molar-refractivity contribution in [1.29, 1.82) is 0 Å². The number of aliphatic imine (C=N–C) groups is 1. The molecule has 10 heteroatoms. The van der Waals surface area contributed by atoms with E-state index < -0.39 is 11.9 Å². The molecule has 0 saturated carbocycles. The summed E-state index contributed by atoms with van der Waals surface area (Å²) in [7, 11) is 0. The highest BCUT2D eigenvalue weighted by atomic mass is 16.3. The molecule has 4 N–H and O–H groups in total. The molecule has 2 aromatic carbocycles. The molecular weight excluding hydrogens is 496 g/mol. The van der Waals surface area contributed by atoms with Gasteiger partial charge >= 0.3 is 0 Å². The van der Waals surface area contributed by atoms with Crippen molar-refractivity contribution < 1.29 is 18.8 Å². The summed E-state index contributed by atoms with van der Waals surface area (Å²) in [6.45, 7) is 3.93. The Kier molecular flexibility index (Phi) is 7.81. The van der Waals surface area contributed by atoms with E-state index in [4.69, 9.17) is 15.1 Å². The van der Waals surface area contributed by atoms with E-state index in [9.17, 15) is 14.4 Å². The number of anilines is 2. The molecule has 0 radical (unpaired) electrons. The summed E-state index contributed by atoms with van der Waals surface area (Å²) in [5, 5.41) is 6.91. The van der Waals surface area contributed by atoms with Crippen LogP contribution in [0.2, 0.25) is 0 Å². The number of furan rings is 1. The standard InChI is InChI=1S/C29H34N6O4/c1-19-15-21-17-23(10-11-25(21)39-19)31-29(33-27(37)20-7-6-8-22(30)16-20)32-24-9-2-3-14-35(28(24)38)18-26(36)34-12-4-5-13-34/h6-8,10-11,15-17,24H,2-5,9,12-14,18,30H2,1H3,(H2,31,32,33,37). The first-order chi connectivity index (χ1) is 18.9. The zero-order valence-corrected chi connectivity index (χ0v) is 22.1. The van der Waals surface area contributed by atoms with Crippen LogP contribution in [0, 0.1) is 6.92 Å². The number of likely N-dealkylation sites (tertiary alicyclic amines) is 2. The number of nitrogens with zero attached hydrogens (tertiary/aromatic N) is 3. The van der Waals surface area contributed by atoms with E-state index in [-0.39, 0.29) is 24.3 Å². The third kappa shape index (κ3) is 6.39. The lowest BCUT2D eigenvalue weighted by atomic mass is 10.1. The Balaban J connectivity index is 1.40. The van der Waals surface area contributed by atoms with Crippen LogP contribution in [0.25, 0.3) is 11.0 Å². The van der Waals surface area contributed by atoms with Crippen molar-refractivity contribution in [1.82, 2.24) is 15.1 Å². The second-order valence-corrected chi connectivity index (χ2v) is 10.2. The smallest absolute Gasteiger partial charge is 0.258 e. The summed E-state index contributed by atoms with van der Waals surface area (Å²) in [6, 6.07) is 13.4. The fraction of sp³-hybridized carbons (Fsp3) is 0.379. The van der Waals surface area contributed by atoms with Gasteiger partial charge in [0.25, 0.3) is 5.91 Å². The minimum absolute atomic E-state index is 0.0255. The van der Waals surface area contributed by atoms with Gasteiger partial charge in [0, 0.05) is 42.0 Å². The summed E-state index contributed by atoms with van der Waals surface area (Å²) in [5.74, 6) is 0.295. The molecule has 0 aliphatic carbocycles. The predicted molar refractivity (Wildman–Crippen MR) is 150 cm³/mol. The third-order valence-electron chi connectivity index (χ3n) is 7.11. The van der Waals surface area contributed by atoms with Crippen LogP contribution in [-0.2, 0) is 9.59 Å². The number of hydrogen-bond donors (Lipinski definition) is 3. The number of carbonyl (C=O) groups is 3. The Bertz CT molecular complexity index is 1410.